The SMILES string of the molecule is Cc1c(Cl)cccc1N=C1NC(=O)/C(=C\c2cc(Br)c(OCc3ccc(Cl)cc3)c(Br)c2)S1. The first-order chi connectivity index (χ1) is 15.8. The Morgan fingerprint density at radius 2 is 1.79 bits per heavy atom. The van der Waals surface area contributed by atoms with Crippen molar-refractivity contribution < 1.29 is 9.53 Å². The molecule has 0 saturated carbocycles. The number of thioether (sulfide) groups is 1. The van der Waals surface area contributed by atoms with Gasteiger partial charge in [-0.3, -0.25) is 4.79 Å². The summed E-state index contributed by atoms with van der Waals surface area (Å²) in [7, 11) is 0. The molecule has 0 bridgehead atoms. The number of nitrogens with zero attached hydrogens (tertiary/aromatic N) is 1. The maximum atomic E-state index is 12.5. The summed E-state index contributed by atoms with van der Waals surface area (Å²) in [5.74, 6) is 0.475. The summed E-state index contributed by atoms with van der Waals surface area (Å²) < 4.78 is 7.51. The molecule has 168 valence electrons. The van der Waals surface area contributed by atoms with Gasteiger partial charge < -0.3 is 10.1 Å². The van der Waals surface area contributed by atoms with Crippen molar-refractivity contribution >= 4 is 89.7 Å². The minimum Gasteiger partial charge on any atom is -0.487 e. The maximum Gasteiger partial charge on any atom is 0.264 e. The van der Waals surface area contributed by atoms with E-state index in [0.29, 0.717) is 32.5 Å². The molecule has 1 aliphatic rings. The molecule has 4 nitrogen and oxygen atoms in total. The number of amides is 1. The Kier molecular flexibility index (Phi) is 7.87. The van der Waals surface area contributed by atoms with Crippen molar-refractivity contribution in [3.05, 3.63) is 95.2 Å². The minimum atomic E-state index is -0.200. The fraction of sp³-hybridized carbons (Fsp3) is 0.0833. The van der Waals surface area contributed by atoms with Crippen molar-refractivity contribution in [1.82, 2.24) is 5.32 Å². The van der Waals surface area contributed by atoms with Gasteiger partial charge in [-0.1, -0.05) is 41.4 Å². The fourth-order valence-electron chi connectivity index (χ4n) is 3.00. The molecule has 0 atom stereocenters. The fourth-order valence-corrected chi connectivity index (χ4v) is 5.58. The maximum absolute atomic E-state index is 12.5. The van der Waals surface area contributed by atoms with E-state index in [2.05, 4.69) is 42.2 Å². The molecule has 0 spiro atoms. The largest absolute Gasteiger partial charge is 0.487 e. The Morgan fingerprint density at radius 3 is 2.48 bits per heavy atom. The number of carbonyl (C=O) groups is 1. The van der Waals surface area contributed by atoms with Crippen LogP contribution in [0.4, 0.5) is 5.69 Å². The summed E-state index contributed by atoms with van der Waals surface area (Å²) in [6, 6.07) is 16.8. The number of amidine groups is 1. The van der Waals surface area contributed by atoms with Crippen molar-refractivity contribution in [1.29, 1.82) is 0 Å². The minimum absolute atomic E-state index is 0.200. The number of halogens is 4. The predicted octanol–water partition coefficient (Wildman–Crippen LogP) is 8.30. The van der Waals surface area contributed by atoms with E-state index in [9.17, 15) is 4.79 Å². The van der Waals surface area contributed by atoms with E-state index in [4.69, 9.17) is 27.9 Å². The second-order valence-corrected chi connectivity index (χ2v) is 10.7. The van der Waals surface area contributed by atoms with Crippen LogP contribution in [0, 0.1) is 6.92 Å². The van der Waals surface area contributed by atoms with Crippen LogP contribution in [0.2, 0.25) is 10.0 Å². The Balaban J connectivity index is 1.51. The highest BCUT2D eigenvalue weighted by Crippen LogP contribution is 2.37. The van der Waals surface area contributed by atoms with Gasteiger partial charge in [-0.15, -0.1) is 0 Å². The van der Waals surface area contributed by atoms with Crippen LogP contribution in [0.25, 0.3) is 6.08 Å². The molecule has 1 amide bonds. The van der Waals surface area contributed by atoms with Gasteiger partial charge in [-0.05, 0) is 110 Å². The second-order valence-electron chi connectivity index (χ2n) is 7.09. The van der Waals surface area contributed by atoms with Gasteiger partial charge in [-0.2, -0.15) is 0 Å². The summed E-state index contributed by atoms with van der Waals surface area (Å²) in [4.78, 5) is 17.6. The molecular formula is C24H16Br2Cl2N2O2S. The standard InChI is InChI=1S/C24H16Br2Cl2N2O2S/c1-13-19(28)3-2-4-20(13)29-24-30-23(31)21(33-24)11-15-9-17(25)22(18(26)10-15)32-12-14-5-7-16(27)8-6-14/h2-11H,12H2,1H3,(H,29,30,31)/b21-11+. The molecule has 0 radical (unpaired) electrons. The summed E-state index contributed by atoms with van der Waals surface area (Å²) in [6.07, 6.45) is 1.81. The smallest absolute Gasteiger partial charge is 0.264 e. The number of rotatable bonds is 5. The lowest BCUT2D eigenvalue weighted by Crippen LogP contribution is -2.19. The average molecular weight is 627 g/mol. The lowest BCUT2D eigenvalue weighted by Gasteiger charge is -2.11. The topological polar surface area (TPSA) is 50.7 Å². The Hall–Kier alpha value is -1.77. The van der Waals surface area contributed by atoms with Crippen LogP contribution >= 0.6 is 66.8 Å². The Bertz CT molecular complexity index is 1270. The van der Waals surface area contributed by atoms with E-state index in [1.807, 2.05) is 67.6 Å². The van der Waals surface area contributed by atoms with Gasteiger partial charge in [0.15, 0.2) is 5.17 Å². The molecule has 3 aromatic carbocycles. The van der Waals surface area contributed by atoms with E-state index in [1.54, 1.807) is 0 Å². The third-order valence-corrected chi connectivity index (χ3v) is 7.48. The van der Waals surface area contributed by atoms with Crippen molar-refractivity contribution in [3.8, 4) is 5.75 Å². The van der Waals surface area contributed by atoms with Crippen LogP contribution in [-0.2, 0) is 11.4 Å². The highest BCUT2D eigenvalue weighted by molar-refractivity contribution is 9.11. The molecule has 0 aliphatic carbocycles. The van der Waals surface area contributed by atoms with Crippen molar-refractivity contribution in [2.45, 2.75) is 13.5 Å². The summed E-state index contributed by atoms with van der Waals surface area (Å²) in [5.41, 5.74) is 3.43. The normalized spacial score (nSPS) is 15.8. The van der Waals surface area contributed by atoms with Gasteiger partial charge in [0.2, 0.25) is 0 Å². The van der Waals surface area contributed by atoms with Crippen LogP contribution in [0.5, 0.6) is 5.75 Å². The number of nitrogens with one attached hydrogen (secondary N) is 1. The van der Waals surface area contributed by atoms with Gasteiger partial charge in [0.05, 0.1) is 19.5 Å². The molecule has 9 heteroatoms. The molecule has 1 aliphatic heterocycles. The van der Waals surface area contributed by atoms with Gasteiger partial charge in [0.1, 0.15) is 12.4 Å². The number of carbonyl (C=O) groups excluding carboxylic acids is 1. The lowest BCUT2D eigenvalue weighted by atomic mass is 10.2. The lowest BCUT2D eigenvalue weighted by molar-refractivity contribution is -0.115. The number of benzene rings is 3. The summed E-state index contributed by atoms with van der Waals surface area (Å²) >= 11 is 20.5. The van der Waals surface area contributed by atoms with Gasteiger partial charge >= 0.3 is 0 Å². The van der Waals surface area contributed by atoms with E-state index >= 15 is 0 Å². The molecule has 1 heterocycles. The highest BCUT2D eigenvalue weighted by Gasteiger charge is 2.24. The monoisotopic (exact) mass is 624 g/mol. The van der Waals surface area contributed by atoms with Crippen molar-refractivity contribution in [3.63, 3.8) is 0 Å². The summed E-state index contributed by atoms with van der Waals surface area (Å²) in [6.45, 7) is 2.29. The number of hydrogen-bond acceptors (Lipinski definition) is 4. The molecule has 1 saturated heterocycles. The quantitative estimate of drug-likeness (QED) is 0.290. The van der Waals surface area contributed by atoms with Crippen LogP contribution in [0.1, 0.15) is 16.7 Å². The third-order valence-electron chi connectivity index (χ3n) is 4.73. The number of ether oxygens (including phenoxy) is 1. The van der Waals surface area contributed by atoms with Crippen LogP contribution in [0.3, 0.4) is 0 Å². The van der Waals surface area contributed by atoms with E-state index in [-0.39, 0.29) is 5.91 Å². The molecule has 3 aromatic rings. The second kappa shape index (κ2) is 10.7. The van der Waals surface area contributed by atoms with Crippen molar-refractivity contribution in [2.24, 2.45) is 4.99 Å². The number of hydrogen-bond donors (Lipinski definition) is 1. The molecular weight excluding hydrogens is 611 g/mol. The van der Waals surface area contributed by atoms with Gasteiger partial charge in [-0.25, -0.2) is 4.99 Å². The molecule has 0 aromatic heterocycles. The van der Waals surface area contributed by atoms with Crippen molar-refractivity contribution in [2.75, 3.05) is 0 Å². The van der Waals surface area contributed by atoms with E-state index in [0.717, 1.165) is 31.3 Å². The van der Waals surface area contributed by atoms with E-state index in [1.165, 1.54) is 11.8 Å². The van der Waals surface area contributed by atoms with Gasteiger partial charge in [0, 0.05) is 10.0 Å². The van der Waals surface area contributed by atoms with Crippen LogP contribution in [-0.4, -0.2) is 11.1 Å². The molecule has 4 rings (SSSR count). The molecule has 33 heavy (non-hydrogen) atoms. The number of aliphatic imine (C=N–C) groups is 1. The molecule has 1 fully saturated rings. The van der Waals surface area contributed by atoms with E-state index < -0.39 is 0 Å². The average Bonchev–Trinajstić information content (AvgIpc) is 3.10. The molecule has 1 N–H and O–H groups in total. The zero-order valence-electron chi connectivity index (χ0n) is 17.2. The highest BCUT2D eigenvalue weighted by atomic mass is 79.9. The first-order valence-electron chi connectivity index (χ1n) is 9.71. The summed E-state index contributed by atoms with van der Waals surface area (Å²) in [5, 5.41) is 4.64. The van der Waals surface area contributed by atoms with Crippen LogP contribution < -0.4 is 10.1 Å². The predicted molar refractivity (Wildman–Crippen MR) is 145 cm³/mol. The Morgan fingerprint density at radius 1 is 1.09 bits per heavy atom. The zero-order chi connectivity index (χ0) is 23.5. The Labute approximate surface area is 222 Å². The third kappa shape index (κ3) is 6.03. The molecule has 0 unspecified atom stereocenters. The zero-order valence-corrected chi connectivity index (χ0v) is 22.7. The van der Waals surface area contributed by atoms with Crippen LogP contribution in [0.15, 0.2) is 73.4 Å². The first kappa shape index (κ1) is 24.4. The van der Waals surface area contributed by atoms with Gasteiger partial charge in [0.25, 0.3) is 5.91 Å². The first-order valence-corrected chi connectivity index (χ1v) is 12.9.